The highest BCUT2D eigenvalue weighted by atomic mass is 32.1. The fourth-order valence-corrected chi connectivity index (χ4v) is 2.89. The number of nitrogens with one attached hydrogen (secondary N) is 1. The van der Waals surface area contributed by atoms with E-state index in [1.54, 1.807) is 0 Å². The molecule has 0 aliphatic carbocycles. The third kappa shape index (κ3) is 3.36. The molecule has 2 heterocycles. The van der Waals surface area contributed by atoms with Gasteiger partial charge in [-0.05, 0) is 13.8 Å². The Morgan fingerprint density at radius 2 is 2.39 bits per heavy atom. The van der Waals surface area contributed by atoms with Crippen molar-refractivity contribution in [2.75, 3.05) is 25.1 Å². The predicted octanol–water partition coefficient (Wildman–Crippen LogP) is -0.205. The number of nitrogen functional groups attached to an aromatic ring is 1. The maximum absolute atomic E-state index is 9.25. The Morgan fingerprint density at radius 3 is 3.00 bits per heavy atom. The molecule has 102 valence electrons. The second-order valence-electron chi connectivity index (χ2n) is 5.00. The van der Waals surface area contributed by atoms with Crippen molar-refractivity contribution in [3.63, 3.8) is 0 Å². The van der Waals surface area contributed by atoms with Crippen molar-refractivity contribution < 1.29 is 9.84 Å². The molecule has 7 nitrogen and oxygen atoms in total. The van der Waals surface area contributed by atoms with Crippen molar-refractivity contribution in [2.24, 2.45) is 5.84 Å². The standard InChI is InChI=1S/C10H19N5O2S/c1-10(2)6-15(3-7(5-16)17-10)4-8-13-14-9(12-11)18-8/h7,16H,3-6,11H2,1-2H3,(H,12,14). The van der Waals surface area contributed by atoms with E-state index in [-0.39, 0.29) is 18.3 Å². The number of nitrogens with zero attached hydrogens (tertiary/aromatic N) is 3. The van der Waals surface area contributed by atoms with Crippen LogP contribution in [0, 0.1) is 0 Å². The van der Waals surface area contributed by atoms with Crippen molar-refractivity contribution in [2.45, 2.75) is 32.1 Å². The molecule has 8 heteroatoms. The second kappa shape index (κ2) is 5.45. The summed E-state index contributed by atoms with van der Waals surface area (Å²) in [5.41, 5.74) is 2.22. The van der Waals surface area contributed by atoms with Crippen molar-refractivity contribution >= 4 is 16.5 Å². The van der Waals surface area contributed by atoms with Gasteiger partial charge in [-0.1, -0.05) is 11.3 Å². The Balaban J connectivity index is 1.99. The van der Waals surface area contributed by atoms with Gasteiger partial charge in [-0.25, -0.2) is 5.84 Å². The van der Waals surface area contributed by atoms with E-state index in [1.165, 1.54) is 11.3 Å². The molecule has 1 aliphatic heterocycles. The molecule has 0 radical (unpaired) electrons. The third-order valence-electron chi connectivity index (χ3n) is 2.70. The van der Waals surface area contributed by atoms with E-state index in [1.807, 2.05) is 13.8 Å². The zero-order chi connectivity index (χ0) is 13.2. The van der Waals surface area contributed by atoms with E-state index < -0.39 is 0 Å². The average Bonchev–Trinajstić information content (AvgIpc) is 2.74. The lowest BCUT2D eigenvalue weighted by atomic mass is 10.1. The molecule has 0 amide bonds. The van der Waals surface area contributed by atoms with Crippen molar-refractivity contribution in [3.8, 4) is 0 Å². The Morgan fingerprint density at radius 1 is 1.61 bits per heavy atom. The van der Waals surface area contributed by atoms with Crippen LogP contribution in [-0.2, 0) is 11.3 Å². The molecule has 1 fully saturated rings. The van der Waals surface area contributed by atoms with Crippen LogP contribution in [0.5, 0.6) is 0 Å². The van der Waals surface area contributed by atoms with Crippen molar-refractivity contribution in [1.29, 1.82) is 0 Å². The van der Waals surface area contributed by atoms with Crippen LogP contribution in [0.15, 0.2) is 0 Å². The lowest BCUT2D eigenvalue weighted by Crippen LogP contribution is -2.53. The highest BCUT2D eigenvalue weighted by molar-refractivity contribution is 7.15. The number of hydrazine groups is 1. The first-order chi connectivity index (χ1) is 8.52. The molecule has 1 atom stereocenters. The van der Waals surface area contributed by atoms with Gasteiger partial charge in [-0.15, -0.1) is 10.2 Å². The van der Waals surface area contributed by atoms with E-state index in [9.17, 15) is 5.11 Å². The molecule has 4 N–H and O–H groups in total. The van der Waals surface area contributed by atoms with E-state index in [0.29, 0.717) is 18.2 Å². The number of hydrogen-bond acceptors (Lipinski definition) is 8. The molecule has 18 heavy (non-hydrogen) atoms. The highest BCUT2D eigenvalue weighted by Crippen LogP contribution is 2.23. The van der Waals surface area contributed by atoms with Gasteiger partial charge in [0.15, 0.2) is 0 Å². The summed E-state index contributed by atoms with van der Waals surface area (Å²) in [5.74, 6) is 5.27. The summed E-state index contributed by atoms with van der Waals surface area (Å²) in [7, 11) is 0. The molecule has 1 aliphatic rings. The fraction of sp³-hybridized carbons (Fsp3) is 0.800. The zero-order valence-electron chi connectivity index (χ0n) is 10.6. The van der Waals surface area contributed by atoms with Crippen molar-refractivity contribution in [3.05, 3.63) is 5.01 Å². The molecule has 2 rings (SSSR count). The maximum Gasteiger partial charge on any atom is 0.219 e. The summed E-state index contributed by atoms with van der Waals surface area (Å²) in [6, 6.07) is 0. The third-order valence-corrected chi connectivity index (χ3v) is 3.54. The lowest BCUT2D eigenvalue weighted by Gasteiger charge is -2.41. The molecule has 0 saturated carbocycles. The monoisotopic (exact) mass is 273 g/mol. The molecular weight excluding hydrogens is 254 g/mol. The van der Waals surface area contributed by atoms with Crippen molar-refractivity contribution in [1.82, 2.24) is 15.1 Å². The van der Waals surface area contributed by atoms with Gasteiger partial charge < -0.3 is 9.84 Å². The second-order valence-corrected chi connectivity index (χ2v) is 6.06. The van der Waals surface area contributed by atoms with Crippen LogP contribution in [0.1, 0.15) is 18.9 Å². The number of hydrogen-bond donors (Lipinski definition) is 3. The van der Waals surface area contributed by atoms with E-state index in [0.717, 1.165) is 11.6 Å². The summed E-state index contributed by atoms with van der Waals surface area (Å²) in [6.45, 7) is 6.28. The molecule has 1 saturated heterocycles. The predicted molar refractivity (Wildman–Crippen MR) is 69.0 cm³/mol. The molecule has 0 aromatic carbocycles. The van der Waals surface area contributed by atoms with Crippen LogP contribution < -0.4 is 11.3 Å². The zero-order valence-corrected chi connectivity index (χ0v) is 11.4. The Labute approximate surface area is 110 Å². The first kappa shape index (κ1) is 13.6. The molecule has 1 unspecified atom stereocenters. The first-order valence-corrected chi connectivity index (χ1v) is 6.64. The Bertz CT molecular complexity index is 397. The number of aromatic nitrogens is 2. The number of nitrogens with two attached hydrogens (primary N) is 1. The summed E-state index contributed by atoms with van der Waals surface area (Å²) in [6.07, 6.45) is -0.145. The highest BCUT2D eigenvalue weighted by Gasteiger charge is 2.33. The van der Waals surface area contributed by atoms with E-state index in [2.05, 4.69) is 20.5 Å². The molecular formula is C10H19N5O2S. The molecule has 1 aromatic heterocycles. The number of aliphatic hydroxyl groups excluding tert-OH is 1. The van der Waals surface area contributed by atoms with Gasteiger partial charge in [0.1, 0.15) is 5.01 Å². The van der Waals surface area contributed by atoms with E-state index in [4.69, 9.17) is 10.6 Å². The molecule has 0 bridgehead atoms. The van der Waals surface area contributed by atoms with Crippen LogP contribution in [0.2, 0.25) is 0 Å². The number of aliphatic hydroxyl groups is 1. The number of ether oxygens (including phenoxy) is 1. The van der Waals surface area contributed by atoms with Gasteiger partial charge in [0.05, 0.1) is 24.9 Å². The normalized spacial score (nSPS) is 24.1. The van der Waals surface area contributed by atoms with Crippen LogP contribution in [-0.4, -0.2) is 51.6 Å². The van der Waals surface area contributed by atoms with Gasteiger partial charge in [-0.3, -0.25) is 10.3 Å². The average molecular weight is 273 g/mol. The maximum atomic E-state index is 9.25. The summed E-state index contributed by atoms with van der Waals surface area (Å²) >= 11 is 1.43. The lowest BCUT2D eigenvalue weighted by molar-refractivity contribution is -0.150. The largest absolute Gasteiger partial charge is 0.394 e. The van der Waals surface area contributed by atoms with Gasteiger partial charge in [-0.2, -0.15) is 0 Å². The first-order valence-electron chi connectivity index (χ1n) is 5.82. The minimum absolute atomic E-state index is 0.0334. The summed E-state index contributed by atoms with van der Waals surface area (Å²) in [5, 5.41) is 18.7. The van der Waals surface area contributed by atoms with Gasteiger partial charge in [0.2, 0.25) is 5.13 Å². The quantitative estimate of drug-likeness (QED) is 0.516. The van der Waals surface area contributed by atoms with Crippen LogP contribution in [0.25, 0.3) is 0 Å². The van der Waals surface area contributed by atoms with Gasteiger partial charge in [0, 0.05) is 13.1 Å². The fourth-order valence-electron chi connectivity index (χ4n) is 2.20. The topological polar surface area (TPSA) is 96.5 Å². The smallest absolute Gasteiger partial charge is 0.219 e. The molecule has 1 aromatic rings. The number of anilines is 1. The van der Waals surface area contributed by atoms with Crippen LogP contribution >= 0.6 is 11.3 Å². The number of morpholine rings is 1. The summed E-state index contributed by atoms with van der Waals surface area (Å²) < 4.78 is 5.76. The Hall–Kier alpha value is -0.800. The SMILES string of the molecule is CC1(C)CN(Cc2nnc(NN)s2)CC(CO)O1. The van der Waals surface area contributed by atoms with Gasteiger partial charge in [0.25, 0.3) is 0 Å². The molecule has 0 spiro atoms. The van der Waals surface area contributed by atoms with Crippen LogP contribution in [0.3, 0.4) is 0 Å². The minimum Gasteiger partial charge on any atom is -0.394 e. The van der Waals surface area contributed by atoms with Crippen LogP contribution in [0.4, 0.5) is 5.13 Å². The number of rotatable bonds is 4. The minimum atomic E-state index is -0.259. The Kier molecular flexibility index (Phi) is 4.13. The van der Waals surface area contributed by atoms with Gasteiger partial charge >= 0.3 is 0 Å². The summed E-state index contributed by atoms with van der Waals surface area (Å²) in [4.78, 5) is 2.21. The van der Waals surface area contributed by atoms with E-state index >= 15 is 0 Å².